The summed E-state index contributed by atoms with van der Waals surface area (Å²) in [6, 6.07) is 29.7. The molecule has 0 fully saturated rings. The van der Waals surface area contributed by atoms with Crippen molar-refractivity contribution < 1.29 is 14.8 Å². The molecule has 0 radical (unpaired) electrons. The van der Waals surface area contributed by atoms with Crippen molar-refractivity contribution in [1.29, 1.82) is 0 Å². The van der Waals surface area contributed by atoms with Gasteiger partial charge < -0.3 is 0 Å². The van der Waals surface area contributed by atoms with Crippen LogP contribution in [-0.2, 0) is 11.3 Å². The van der Waals surface area contributed by atoms with E-state index in [0.29, 0.717) is 12.3 Å². The smallest absolute Gasteiger partial charge is 0.288 e. The van der Waals surface area contributed by atoms with Gasteiger partial charge in [0.2, 0.25) is 0 Å². The third kappa shape index (κ3) is 3.73. The monoisotopic (exact) mass is 426 g/mol. The van der Waals surface area contributed by atoms with Gasteiger partial charge in [-0.2, -0.15) is 0 Å². The van der Waals surface area contributed by atoms with Crippen molar-refractivity contribution in [1.82, 2.24) is 0 Å². The van der Waals surface area contributed by atoms with Crippen LogP contribution in [0.3, 0.4) is 0 Å². The highest BCUT2D eigenvalue weighted by Gasteiger charge is 2.30. The van der Waals surface area contributed by atoms with Gasteiger partial charge in [-0.05, 0) is 40.6 Å². The van der Waals surface area contributed by atoms with Gasteiger partial charge in [-0.15, -0.1) is 0 Å². The minimum atomic E-state index is -0.541. The molecule has 1 heterocycles. The second-order valence-corrected chi connectivity index (χ2v) is 8.27. The standard InChI is InChI=1S/C25H19N3O2S/c26-24(16-18-10-7-9-17-8-1-2-11-19(17)18)27-30-25(29)28-20-12-3-5-14-22(20)31-23-15-6-4-13-21(23)28/h1-15H,16H2,(H2,26,27)/p+1. The predicted octanol–water partition coefficient (Wildman–Crippen LogP) is 4.17. The molecule has 0 saturated heterocycles. The van der Waals surface area contributed by atoms with Crippen LogP contribution >= 0.6 is 11.8 Å². The molecule has 0 aromatic heterocycles. The average Bonchev–Trinajstić information content (AvgIpc) is 2.81. The molecule has 1 aliphatic rings. The molecule has 0 unspecified atom stereocenters. The summed E-state index contributed by atoms with van der Waals surface area (Å²) in [6.45, 7) is 0. The lowest BCUT2D eigenvalue weighted by Crippen LogP contribution is -2.76. The first-order chi connectivity index (χ1) is 15.2. The first kappa shape index (κ1) is 19.2. The number of fused-ring (bicyclic) bond motifs is 3. The van der Waals surface area contributed by atoms with Gasteiger partial charge in [0.05, 0.1) is 17.8 Å². The fourth-order valence-corrected chi connectivity index (χ4v) is 4.80. The summed E-state index contributed by atoms with van der Waals surface area (Å²) in [4.78, 5) is 22.0. The zero-order chi connectivity index (χ0) is 21.2. The quantitative estimate of drug-likeness (QED) is 0.223. The van der Waals surface area contributed by atoms with E-state index in [1.807, 2.05) is 72.8 Å². The molecule has 5 rings (SSSR count). The van der Waals surface area contributed by atoms with E-state index in [9.17, 15) is 4.79 Å². The Hall–Kier alpha value is -3.77. The molecule has 0 saturated carbocycles. The Kier molecular flexibility index (Phi) is 5.06. The van der Waals surface area contributed by atoms with Crippen molar-refractivity contribution >= 4 is 45.8 Å². The summed E-state index contributed by atoms with van der Waals surface area (Å²) in [6.07, 6.45) is -0.0986. The fourth-order valence-electron chi connectivity index (χ4n) is 3.74. The van der Waals surface area contributed by atoms with Crippen molar-refractivity contribution in [2.75, 3.05) is 4.90 Å². The lowest BCUT2D eigenvalue weighted by Gasteiger charge is -2.28. The number of hydrogen-bond donors (Lipinski definition) is 2. The molecule has 1 aliphatic heterocycles. The molecule has 0 bridgehead atoms. The lowest BCUT2D eigenvalue weighted by atomic mass is 10.0. The highest BCUT2D eigenvalue weighted by atomic mass is 32.2. The topological polar surface area (TPSA) is 69.5 Å². The number of benzene rings is 4. The van der Waals surface area contributed by atoms with Gasteiger partial charge in [-0.3, -0.25) is 5.73 Å². The maximum Gasteiger partial charge on any atom is 0.463 e. The molecule has 3 N–H and O–H groups in total. The van der Waals surface area contributed by atoms with Crippen LogP contribution in [0.5, 0.6) is 0 Å². The van der Waals surface area contributed by atoms with E-state index in [1.54, 1.807) is 16.7 Å². The van der Waals surface area contributed by atoms with Crippen LogP contribution < -0.4 is 15.8 Å². The molecule has 31 heavy (non-hydrogen) atoms. The number of nitrogens with one attached hydrogen (secondary N) is 1. The molecule has 0 atom stereocenters. The molecule has 0 aliphatic carbocycles. The van der Waals surface area contributed by atoms with Gasteiger partial charge >= 0.3 is 6.09 Å². The second-order valence-electron chi connectivity index (χ2n) is 7.18. The van der Waals surface area contributed by atoms with Gasteiger partial charge in [0.1, 0.15) is 0 Å². The van der Waals surface area contributed by atoms with Crippen molar-refractivity contribution in [2.24, 2.45) is 5.73 Å². The lowest BCUT2D eigenvalue weighted by molar-refractivity contribution is -0.722. The van der Waals surface area contributed by atoms with Gasteiger partial charge in [-0.25, -0.2) is 14.5 Å². The third-order valence-corrected chi connectivity index (χ3v) is 6.28. The number of nitrogens with zero attached hydrogens (tertiary/aromatic N) is 1. The van der Waals surface area contributed by atoms with Crippen LogP contribution in [0.25, 0.3) is 10.8 Å². The van der Waals surface area contributed by atoms with Crippen molar-refractivity contribution in [3.8, 4) is 0 Å². The molecule has 4 aromatic rings. The Balaban J connectivity index is 1.40. The van der Waals surface area contributed by atoms with E-state index in [4.69, 9.17) is 10.6 Å². The summed E-state index contributed by atoms with van der Waals surface area (Å²) in [5.41, 5.74) is 8.79. The molecular formula is C25H20N3O2S+. The van der Waals surface area contributed by atoms with Crippen molar-refractivity contribution in [3.05, 3.63) is 96.6 Å². The number of rotatable bonds is 3. The Morgan fingerprint density at radius 2 is 1.45 bits per heavy atom. The number of carbonyl (C=O) groups excluding carboxylic acids is 1. The van der Waals surface area contributed by atoms with Crippen LogP contribution in [-0.4, -0.2) is 11.9 Å². The number of carbonyl (C=O) groups is 1. The van der Waals surface area contributed by atoms with E-state index in [-0.39, 0.29) is 0 Å². The zero-order valence-electron chi connectivity index (χ0n) is 16.6. The first-order valence-electron chi connectivity index (χ1n) is 9.91. The Bertz CT molecular complexity index is 1270. The highest BCUT2D eigenvalue weighted by molar-refractivity contribution is 7.99. The minimum Gasteiger partial charge on any atom is -0.288 e. The number of para-hydroxylation sites is 2. The number of hydrogen-bond acceptors (Lipinski definition) is 3. The Labute approximate surface area is 184 Å². The van der Waals surface area contributed by atoms with Crippen LogP contribution in [0.2, 0.25) is 0 Å². The van der Waals surface area contributed by atoms with E-state index in [0.717, 1.165) is 37.5 Å². The minimum absolute atomic E-state index is 0.359. The van der Waals surface area contributed by atoms with Crippen LogP contribution in [0.15, 0.2) is 101 Å². The molecule has 0 spiro atoms. The molecule has 5 nitrogen and oxygen atoms in total. The van der Waals surface area contributed by atoms with Gasteiger partial charge in [-0.1, -0.05) is 83.6 Å². The van der Waals surface area contributed by atoms with E-state index in [2.05, 4.69) is 23.4 Å². The van der Waals surface area contributed by atoms with Crippen LogP contribution in [0, 0.1) is 0 Å². The highest BCUT2D eigenvalue weighted by Crippen LogP contribution is 2.47. The molecular weight excluding hydrogens is 406 g/mol. The first-order valence-corrected chi connectivity index (χ1v) is 10.7. The number of anilines is 2. The zero-order valence-corrected chi connectivity index (χ0v) is 17.4. The van der Waals surface area contributed by atoms with Crippen molar-refractivity contribution in [3.63, 3.8) is 0 Å². The van der Waals surface area contributed by atoms with Gasteiger partial charge in [0, 0.05) is 9.79 Å². The summed E-state index contributed by atoms with van der Waals surface area (Å²) in [5.74, 6) is 0.359. The summed E-state index contributed by atoms with van der Waals surface area (Å²) >= 11 is 1.63. The van der Waals surface area contributed by atoms with Gasteiger partial charge in [0.15, 0.2) is 0 Å². The molecule has 152 valence electrons. The average molecular weight is 427 g/mol. The third-order valence-electron chi connectivity index (χ3n) is 5.15. The summed E-state index contributed by atoms with van der Waals surface area (Å²) < 4.78 is 0. The SMILES string of the molecule is NC(Cc1cccc2ccccc12)=[NH+]OC(=O)N1c2ccccc2Sc2ccccc21. The second kappa shape index (κ2) is 8.16. The maximum atomic E-state index is 13.1. The van der Waals surface area contributed by atoms with Crippen LogP contribution in [0.1, 0.15) is 5.56 Å². The fraction of sp³-hybridized carbons (Fsp3) is 0.0400. The number of nitrogens with two attached hydrogens (primary N) is 1. The summed E-state index contributed by atoms with van der Waals surface area (Å²) in [7, 11) is 0. The number of amidine groups is 1. The Morgan fingerprint density at radius 1 is 0.839 bits per heavy atom. The largest absolute Gasteiger partial charge is 0.463 e. The number of amides is 1. The molecule has 6 heteroatoms. The molecule has 1 amide bonds. The predicted molar refractivity (Wildman–Crippen MR) is 123 cm³/mol. The normalized spacial score (nSPS) is 12.9. The molecule has 4 aromatic carbocycles. The van der Waals surface area contributed by atoms with Crippen molar-refractivity contribution in [2.45, 2.75) is 16.2 Å². The Morgan fingerprint density at radius 3 is 2.19 bits per heavy atom. The van der Waals surface area contributed by atoms with E-state index < -0.39 is 6.09 Å². The van der Waals surface area contributed by atoms with Crippen LogP contribution in [0.4, 0.5) is 16.2 Å². The van der Waals surface area contributed by atoms with Gasteiger partial charge in [0.25, 0.3) is 5.84 Å². The summed E-state index contributed by atoms with van der Waals surface area (Å²) in [5, 5.41) is 4.92. The maximum absolute atomic E-state index is 13.1. The van der Waals surface area contributed by atoms with E-state index >= 15 is 0 Å². The van der Waals surface area contributed by atoms with E-state index in [1.165, 1.54) is 0 Å².